The van der Waals surface area contributed by atoms with E-state index in [-0.39, 0.29) is 0 Å². The first-order chi connectivity index (χ1) is 3.89. The standard InChI is InChI=1S/C5H11N.CH2O/c1-6-4-2-3-5-6;1-2/h2-5H2,1H3;1H2. The zero-order chi connectivity index (χ0) is 6.41. The Morgan fingerprint density at radius 2 is 1.62 bits per heavy atom. The molecule has 8 heavy (non-hydrogen) atoms. The van der Waals surface area contributed by atoms with Crippen LogP contribution in [0.1, 0.15) is 12.8 Å². The van der Waals surface area contributed by atoms with E-state index >= 15 is 0 Å². The van der Waals surface area contributed by atoms with Gasteiger partial charge in [0.25, 0.3) is 0 Å². The molecule has 0 unspecified atom stereocenters. The Bertz CT molecular complexity index is 50.5. The molecule has 1 rings (SSSR count). The summed E-state index contributed by atoms with van der Waals surface area (Å²) < 4.78 is 0. The van der Waals surface area contributed by atoms with Crippen LogP contribution in [0.2, 0.25) is 0 Å². The molecular weight excluding hydrogens is 102 g/mol. The van der Waals surface area contributed by atoms with Gasteiger partial charge in [0.2, 0.25) is 0 Å². The van der Waals surface area contributed by atoms with Crippen molar-refractivity contribution in [3.05, 3.63) is 0 Å². The SMILES string of the molecule is C=O.CN1CCCC1. The molecule has 1 fully saturated rings. The molecule has 0 N–H and O–H groups in total. The smallest absolute Gasteiger partial charge is 0.106 e. The molecule has 0 atom stereocenters. The van der Waals surface area contributed by atoms with Gasteiger partial charge in [-0.25, -0.2) is 0 Å². The molecule has 1 aliphatic rings. The lowest BCUT2D eigenvalue weighted by Gasteiger charge is -2.01. The van der Waals surface area contributed by atoms with Crippen LogP contribution in [0.25, 0.3) is 0 Å². The fourth-order valence-electron chi connectivity index (χ4n) is 0.875. The molecule has 0 spiro atoms. The highest BCUT2D eigenvalue weighted by Crippen LogP contribution is 2.01. The van der Waals surface area contributed by atoms with E-state index in [2.05, 4.69) is 11.9 Å². The Kier molecular flexibility index (Phi) is 4.56. The first-order valence-corrected chi connectivity index (χ1v) is 2.87. The second-order valence-corrected chi connectivity index (χ2v) is 2.01. The van der Waals surface area contributed by atoms with Crippen molar-refractivity contribution in [3.8, 4) is 0 Å². The van der Waals surface area contributed by atoms with E-state index in [0.29, 0.717) is 0 Å². The number of rotatable bonds is 0. The maximum atomic E-state index is 8.00. The number of likely N-dealkylation sites (tertiary alicyclic amines) is 1. The molecular formula is C6H13NO. The van der Waals surface area contributed by atoms with Gasteiger partial charge in [0, 0.05) is 0 Å². The minimum absolute atomic E-state index is 1.32. The van der Waals surface area contributed by atoms with Crippen molar-refractivity contribution in [2.45, 2.75) is 12.8 Å². The summed E-state index contributed by atoms with van der Waals surface area (Å²) in [6.45, 7) is 4.64. The zero-order valence-corrected chi connectivity index (χ0v) is 5.39. The van der Waals surface area contributed by atoms with E-state index in [0.717, 1.165) is 0 Å². The topological polar surface area (TPSA) is 20.3 Å². The molecule has 0 amide bonds. The third kappa shape index (κ3) is 2.75. The van der Waals surface area contributed by atoms with Crippen molar-refractivity contribution in [3.63, 3.8) is 0 Å². The number of nitrogens with zero attached hydrogens (tertiary/aromatic N) is 1. The second kappa shape index (κ2) is 4.78. The maximum absolute atomic E-state index is 8.00. The van der Waals surface area contributed by atoms with Gasteiger partial charge in [0.05, 0.1) is 0 Å². The van der Waals surface area contributed by atoms with Crippen LogP contribution in [0, 0.1) is 0 Å². The number of hydrogen-bond donors (Lipinski definition) is 0. The molecule has 1 aliphatic heterocycles. The van der Waals surface area contributed by atoms with Crippen molar-refractivity contribution < 1.29 is 4.79 Å². The summed E-state index contributed by atoms with van der Waals surface area (Å²) in [6.07, 6.45) is 2.83. The van der Waals surface area contributed by atoms with E-state index in [1.807, 2.05) is 6.79 Å². The van der Waals surface area contributed by atoms with E-state index in [9.17, 15) is 0 Å². The number of carbonyl (C=O) groups excluding carboxylic acids is 1. The normalized spacial score (nSPS) is 19.6. The summed E-state index contributed by atoms with van der Waals surface area (Å²) in [5.41, 5.74) is 0. The summed E-state index contributed by atoms with van der Waals surface area (Å²) in [7, 11) is 2.17. The van der Waals surface area contributed by atoms with Gasteiger partial charge in [-0.3, -0.25) is 0 Å². The summed E-state index contributed by atoms with van der Waals surface area (Å²) in [5.74, 6) is 0. The van der Waals surface area contributed by atoms with Crippen LogP contribution in [-0.4, -0.2) is 31.8 Å². The summed E-state index contributed by atoms with van der Waals surface area (Å²) in [5, 5.41) is 0. The lowest BCUT2D eigenvalue weighted by Crippen LogP contribution is -2.10. The van der Waals surface area contributed by atoms with Crippen LogP contribution >= 0.6 is 0 Å². The summed E-state index contributed by atoms with van der Waals surface area (Å²) >= 11 is 0. The highest BCUT2D eigenvalue weighted by Gasteiger charge is 2.03. The van der Waals surface area contributed by atoms with Crippen molar-refractivity contribution in [1.29, 1.82) is 0 Å². The molecule has 0 aromatic heterocycles. The zero-order valence-electron chi connectivity index (χ0n) is 5.39. The number of carbonyl (C=O) groups is 1. The Hall–Kier alpha value is -0.370. The monoisotopic (exact) mass is 115 g/mol. The van der Waals surface area contributed by atoms with Gasteiger partial charge in [0.15, 0.2) is 0 Å². The first kappa shape index (κ1) is 7.63. The fourth-order valence-corrected chi connectivity index (χ4v) is 0.875. The summed E-state index contributed by atoms with van der Waals surface area (Å²) in [6, 6.07) is 0. The van der Waals surface area contributed by atoms with Gasteiger partial charge < -0.3 is 9.69 Å². The van der Waals surface area contributed by atoms with Gasteiger partial charge in [-0.2, -0.15) is 0 Å². The number of hydrogen-bond acceptors (Lipinski definition) is 2. The highest BCUT2D eigenvalue weighted by molar-refractivity contribution is 5.10. The Morgan fingerprint density at radius 3 is 1.75 bits per heavy atom. The van der Waals surface area contributed by atoms with Crippen LogP contribution in [0.3, 0.4) is 0 Å². The lowest BCUT2D eigenvalue weighted by atomic mass is 10.4. The Balaban J connectivity index is 0.000000222. The molecule has 0 aromatic carbocycles. The van der Waals surface area contributed by atoms with E-state index in [1.165, 1.54) is 25.9 Å². The van der Waals surface area contributed by atoms with Crippen LogP contribution in [-0.2, 0) is 4.79 Å². The molecule has 0 radical (unpaired) electrons. The second-order valence-electron chi connectivity index (χ2n) is 2.01. The van der Waals surface area contributed by atoms with Crippen LogP contribution in [0.15, 0.2) is 0 Å². The molecule has 1 heterocycles. The van der Waals surface area contributed by atoms with Gasteiger partial charge in [-0.1, -0.05) is 0 Å². The average molecular weight is 115 g/mol. The molecule has 0 aliphatic carbocycles. The molecule has 1 saturated heterocycles. The van der Waals surface area contributed by atoms with E-state index in [4.69, 9.17) is 4.79 Å². The molecule has 2 heteroatoms. The minimum atomic E-state index is 1.32. The van der Waals surface area contributed by atoms with Gasteiger partial charge >= 0.3 is 0 Å². The van der Waals surface area contributed by atoms with E-state index < -0.39 is 0 Å². The van der Waals surface area contributed by atoms with Crippen LogP contribution in [0.5, 0.6) is 0 Å². The van der Waals surface area contributed by atoms with E-state index in [1.54, 1.807) is 0 Å². The average Bonchev–Trinajstić information content (AvgIpc) is 2.24. The van der Waals surface area contributed by atoms with Crippen LogP contribution in [0.4, 0.5) is 0 Å². The molecule has 0 aromatic rings. The predicted octanol–water partition coefficient (Wildman–Crippen LogP) is 0.527. The third-order valence-corrected chi connectivity index (χ3v) is 1.33. The van der Waals surface area contributed by atoms with Gasteiger partial charge in [-0.05, 0) is 33.0 Å². The quantitative estimate of drug-likeness (QED) is 0.459. The fraction of sp³-hybridized carbons (Fsp3) is 0.833. The predicted molar refractivity (Wildman–Crippen MR) is 33.9 cm³/mol. The van der Waals surface area contributed by atoms with Gasteiger partial charge in [0.1, 0.15) is 6.79 Å². The van der Waals surface area contributed by atoms with Crippen LogP contribution < -0.4 is 0 Å². The summed E-state index contributed by atoms with van der Waals surface area (Å²) in [4.78, 5) is 10.4. The molecule has 0 bridgehead atoms. The molecule has 2 nitrogen and oxygen atoms in total. The van der Waals surface area contributed by atoms with Gasteiger partial charge in [-0.15, -0.1) is 0 Å². The molecule has 48 valence electrons. The third-order valence-electron chi connectivity index (χ3n) is 1.33. The minimum Gasteiger partial charge on any atom is -0.307 e. The van der Waals surface area contributed by atoms with Crippen molar-refractivity contribution in [2.75, 3.05) is 20.1 Å². The maximum Gasteiger partial charge on any atom is 0.106 e. The highest BCUT2D eigenvalue weighted by atomic mass is 16.1. The largest absolute Gasteiger partial charge is 0.307 e. The van der Waals surface area contributed by atoms with Crippen molar-refractivity contribution in [1.82, 2.24) is 4.90 Å². The molecule has 0 saturated carbocycles. The Morgan fingerprint density at radius 1 is 1.25 bits per heavy atom. The Labute approximate surface area is 50.5 Å². The first-order valence-electron chi connectivity index (χ1n) is 2.87. The lowest BCUT2D eigenvalue weighted by molar-refractivity contribution is -0.0979. The van der Waals surface area contributed by atoms with Crippen molar-refractivity contribution in [2.24, 2.45) is 0 Å². The van der Waals surface area contributed by atoms with Crippen molar-refractivity contribution >= 4 is 6.79 Å².